The number of rotatable bonds is 6. The first-order chi connectivity index (χ1) is 14.6. The number of fused-ring (bicyclic) bond motifs is 1. The molecule has 0 aliphatic heterocycles. The average molecular weight is 422 g/mol. The summed E-state index contributed by atoms with van der Waals surface area (Å²) in [5.41, 5.74) is 6.63. The van der Waals surface area contributed by atoms with Crippen molar-refractivity contribution in [2.24, 2.45) is 0 Å². The van der Waals surface area contributed by atoms with Crippen LogP contribution in [0, 0.1) is 0 Å². The second kappa shape index (κ2) is 9.04. The highest BCUT2D eigenvalue weighted by Crippen LogP contribution is 2.20. The molecule has 3 N–H and O–H groups in total. The van der Waals surface area contributed by atoms with Crippen molar-refractivity contribution in [3.8, 4) is 0 Å². The van der Waals surface area contributed by atoms with Gasteiger partial charge < -0.3 is 20.2 Å². The van der Waals surface area contributed by atoms with Gasteiger partial charge in [-0.25, -0.2) is 9.59 Å². The van der Waals surface area contributed by atoms with E-state index in [1.807, 2.05) is 30.3 Å². The molecule has 2 aromatic carbocycles. The molecule has 1 heterocycles. The molecule has 0 saturated heterocycles. The summed E-state index contributed by atoms with van der Waals surface area (Å²) >= 11 is 0. The molecule has 0 unspecified atom stereocenters. The van der Waals surface area contributed by atoms with E-state index < -0.39 is 29.1 Å². The SMILES string of the molecule is CC(C)(C)OC(=O)[C@H](Cc1ccccc1)NC(=O)Cc1cc(=O)oc2cc(N)ccc12. The molecule has 0 spiro atoms. The number of hydrogen-bond donors (Lipinski definition) is 2. The Morgan fingerprint density at radius 2 is 1.81 bits per heavy atom. The van der Waals surface area contributed by atoms with Crippen molar-refractivity contribution in [3.05, 3.63) is 76.1 Å². The summed E-state index contributed by atoms with van der Waals surface area (Å²) in [5, 5.41) is 3.37. The molecule has 7 heteroatoms. The minimum Gasteiger partial charge on any atom is -0.458 e. The quantitative estimate of drug-likeness (QED) is 0.359. The van der Waals surface area contributed by atoms with E-state index in [0.717, 1.165) is 5.56 Å². The number of benzene rings is 2. The number of ether oxygens (including phenoxy) is 1. The molecule has 162 valence electrons. The zero-order valence-corrected chi connectivity index (χ0v) is 17.8. The Kier molecular flexibility index (Phi) is 6.44. The summed E-state index contributed by atoms with van der Waals surface area (Å²) < 4.78 is 10.7. The van der Waals surface area contributed by atoms with Crippen LogP contribution in [0.25, 0.3) is 11.0 Å². The lowest BCUT2D eigenvalue weighted by atomic mass is 10.0. The molecule has 0 bridgehead atoms. The van der Waals surface area contributed by atoms with Crippen LogP contribution < -0.4 is 16.7 Å². The number of anilines is 1. The second-order valence-corrected chi connectivity index (χ2v) is 8.37. The fourth-order valence-corrected chi connectivity index (χ4v) is 3.23. The lowest BCUT2D eigenvalue weighted by molar-refractivity contribution is -0.158. The van der Waals surface area contributed by atoms with E-state index >= 15 is 0 Å². The van der Waals surface area contributed by atoms with E-state index in [1.165, 1.54) is 12.1 Å². The number of amides is 1. The number of nitrogen functional groups attached to an aromatic ring is 1. The highest BCUT2D eigenvalue weighted by atomic mass is 16.6. The van der Waals surface area contributed by atoms with Crippen molar-refractivity contribution >= 4 is 28.5 Å². The zero-order chi connectivity index (χ0) is 22.6. The van der Waals surface area contributed by atoms with Gasteiger partial charge >= 0.3 is 11.6 Å². The molecule has 0 radical (unpaired) electrons. The van der Waals surface area contributed by atoms with Gasteiger partial charge in [-0.15, -0.1) is 0 Å². The predicted octanol–water partition coefficient (Wildman–Crippen LogP) is 2.99. The maximum atomic E-state index is 12.8. The van der Waals surface area contributed by atoms with E-state index in [1.54, 1.807) is 32.9 Å². The van der Waals surface area contributed by atoms with Crippen molar-refractivity contribution in [1.82, 2.24) is 5.32 Å². The summed E-state index contributed by atoms with van der Waals surface area (Å²) in [4.78, 5) is 37.5. The maximum absolute atomic E-state index is 12.8. The summed E-state index contributed by atoms with van der Waals surface area (Å²) in [6.45, 7) is 5.31. The van der Waals surface area contributed by atoms with Gasteiger partial charge in [-0.3, -0.25) is 4.79 Å². The standard InChI is InChI=1S/C24H26N2O5/c1-24(2,3)31-23(29)19(11-15-7-5-4-6-8-15)26-21(27)12-16-13-22(28)30-20-14-17(25)9-10-18(16)20/h4-10,13-14,19H,11-12,25H2,1-3H3,(H,26,27)/t19-/m0/s1. The van der Waals surface area contributed by atoms with Gasteiger partial charge in [0.25, 0.3) is 0 Å². The summed E-state index contributed by atoms with van der Waals surface area (Å²) in [5.74, 6) is -0.926. The van der Waals surface area contributed by atoms with E-state index in [9.17, 15) is 14.4 Å². The molecule has 3 aromatic rings. The molecule has 0 fully saturated rings. The number of esters is 1. The van der Waals surface area contributed by atoms with E-state index in [0.29, 0.717) is 22.2 Å². The third-order valence-electron chi connectivity index (χ3n) is 4.51. The molecule has 7 nitrogen and oxygen atoms in total. The second-order valence-electron chi connectivity index (χ2n) is 8.37. The van der Waals surface area contributed by atoms with E-state index in [-0.39, 0.29) is 12.8 Å². The van der Waals surface area contributed by atoms with Crippen LogP contribution in [0.15, 0.2) is 63.8 Å². The Morgan fingerprint density at radius 3 is 2.48 bits per heavy atom. The normalized spacial score (nSPS) is 12.4. The van der Waals surface area contributed by atoms with Gasteiger partial charge in [0.2, 0.25) is 5.91 Å². The van der Waals surface area contributed by atoms with Crippen LogP contribution >= 0.6 is 0 Å². The molecular formula is C24H26N2O5. The van der Waals surface area contributed by atoms with Crippen molar-refractivity contribution < 1.29 is 18.7 Å². The van der Waals surface area contributed by atoms with Crippen molar-refractivity contribution in [2.45, 2.75) is 45.3 Å². The number of carbonyl (C=O) groups excluding carboxylic acids is 2. The first-order valence-electron chi connectivity index (χ1n) is 9.99. The number of nitrogens with two attached hydrogens (primary N) is 1. The minimum absolute atomic E-state index is 0.0971. The first-order valence-corrected chi connectivity index (χ1v) is 9.99. The minimum atomic E-state index is -0.865. The summed E-state index contributed by atoms with van der Waals surface area (Å²) in [6, 6.07) is 14.7. The number of nitrogens with one attached hydrogen (secondary N) is 1. The van der Waals surface area contributed by atoms with Gasteiger partial charge in [-0.2, -0.15) is 0 Å². The molecule has 3 rings (SSSR count). The molecule has 1 amide bonds. The summed E-state index contributed by atoms with van der Waals surface area (Å²) in [6.07, 6.45) is 0.190. The molecule has 1 aromatic heterocycles. The fraction of sp³-hybridized carbons (Fsp3) is 0.292. The Bertz CT molecular complexity index is 1150. The topological polar surface area (TPSA) is 112 Å². The smallest absolute Gasteiger partial charge is 0.336 e. The van der Waals surface area contributed by atoms with Gasteiger partial charge in [-0.1, -0.05) is 30.3 Å². The third-order valence-corrected chi connectivity index (χ3v) is 4.51. The molecule has 0 aliphatic rings. The van der Waals surface area contributed by atoms with Gasteiger partial charge in [0.15, 0.2) is 0 Å². The fourth-order valence-electron chi connectivity index (χ4n) is 3.23. The zero-order valence-electron chi connectivity index (χ0n) is 17.8. The van der Waals surface area contributed by atoms with Gasteiger partial charge in [0, 0.05) is 29.6 Å². The van der Waals surface area contributed by atoms with Gasteiger partial charge in [0.1, 0.15) is 17.2 Å². The van der Waals surface area contributed by atoms with Gasteiger partial charge in [-0.05, 0) is 44.0 Å². The maximum Gasteiger partial charge on any atom is 0.336 e. The van der Waals surface area contributed by atoms with Crippen molar-refractivity contribution in [1.29, 1.82) is 0 Å². The molecular weight excluding hydrogens is 396 g/mol. The monoisotopic (exact) mass is 422 g/mol. The first kappa shape index (κ1) is 22.1. The Morgan fingerprint density at radius 1 is 1.10 bits per heavy atom. The van der Waals surface area contributed by atoms with Crippen LogP contribution in [0.2, 0.25) is 0 Å². The summed E-state index contributed by atoms with van der Waals surface area (Å²) in [7, 11) is 0. The highest BCUT2D eigenvalue weighted by Gasteiger charge is 2.27. The van der Waals surface area contributed by atoms with Crippen LogP contribution in [0.4, 0.5) is 5.69 Å². The van der Waals surface area contributed by atoms with Crippen molar-refractivity contribution in [2.75, 3.05) is 5.73 Å². The average Bonchev–Trinajstić information content (AvgIpc) is 2.66. The lowest BCUT2D eigenvalue weighted by Gasteiger charge is -2.24. The number of hydrogen-bond acceptors (Lipinski definition) is 6. The van der Waals surface area contributed by atoms with Crippen LogP contribution in [0.1, 0.15) is 31.9 Å². The molecule has 31 heavy (non-hydrogen) atoms. The van der Waals surface area contributed by atoms with Crippen LogP contribution in [-0.4, -0.2) is 23.5 Å². The van der Waals surface area contributed by atoms with Crippen LogP contribution in [0.5, 0.6) is 0 Å². The van der Waals surface area contributed by atoms with E-state index in [4.69, 9.17) is 14.9 Å². The Hall–Kier alpha value is -3.61. The third kappa shape index (κ3) is 6.18. The molecule has 0 aliphatic carbocycles. The van der Waals surface area contributed by atoms with Crippen LogP contribution in [0.3, 0.4) is 0 Å². The van der Waals surface area contributed by atoms with Crippen LogP contribution in [-0.2, 0) is 27.2 Å². The molecule has 0 saturated carbocycles. The van der Waals surface area contributed by atoms with E-state index in [2.05, 4.69) is 5.32 Å². The number of carbonyl (C=O) groups is 2. The molecule has 1 atom stereocenters. The van der Waals surface area contributed by atoms with Gasteiger partial charge in [0.05, 0.1) is 6.42 Å². The Labute approximate surface area is 180 Å². The van der Waals surface area contributed by atoms with Crippen molar-refractivity contribution in [3.63, 3.8) is 0 Å². The predicted molar refractivity (Wildman–Crippen MR) is 119 cm³/mol. The lowest BCUT2D eigenvalue weighted by Crippen LogP contribution is -2.46. The highest BCUT2D eigenvalue weighted by molar-refractivity contribution is 5.90. The largest absolute Gasteiger partial charge is 0.458 e. The Balaban J connectivity index is 1.82.